The van der Waals surface area contributed by atoms with Gasteiger partial charge in [-0.1, -0.05) is 24.3 Å². The first-order chi connectivity index (χ1) is 10.3. The van der Waals surface area contributed by atoms with Gasteiger partial charge in [0.05, 0.1) is 23.3 Å². The van der Waals surface area contributed by atoms with Gasteiger partial charge >= 0.3 is 0 Å². The zero-order chi connectivity index (χ0) is 14.7. The molecule has 3 rings (SSSR count). The third kappa shape index (κ3) is 2.67. The van der Waals surface area contributed by atoms with Crippen LogP contribution in [0, 0.1) is 6.92 Å². The van der Waals surface area contributed by atoms with Gasteiger partial charge in [-0.15, -0.1) is 0 Å². The summed E-state index contributed by atoms with van der Waals surface area (Å²) < 4.78 is 1.79. The minimum absolute atomic E-state index is 0.244. The molecule has 0 unspecified atom stereocenters. The summed E-state index contributed by atoms with van der Waals surface area (Å²) >= 11 is 0. The van der Waals surface area contributed by atoms with Crippen molar-refractivity contribution in [3.63, 3.8) is 0 Å². The molecule has 5 heteroatoms. The van der Waals surface area contributed by atoms with Gasteiger partial charge in [0.1, 0.15) is 5.69 Å². The van der Waals surface area contributed by atoms with Crippen molar-refractivity contribution in [1.29, 1.82) is 0 Å². The van der Waals surface area contributed by atoms with E-state index in [1.165, 1.54) is 0 Å². The molecule has 1 amide bonds. The Labute approximate surface area is 122 Å². The van der Waals surface area contributed by atoms with Crippen LogP contribution in [0.25, 0.3) is 5.69 Å². The molecule has 0 aliphatic heterocycles. The molecular weight excluding hydrogens is 264 g/mol. The monoisotopic (exact) mass is 278 g/mol. The molecule has 0 atom stereocenters. The molecular formula is C16H14N4O. The van der Waals surface area contributed by atoms with Crippen molar-refractivity contribution in [2.75, 3.05) is 5.32 Å². The SMILES string of the molecule is Cc1c(NC(=O)c2ccccn2)cnn1-c1ccccc1. The second kappa shape index (κ2) is 5.58. The van der Waals surface area contributed by atoms with Gasteiger partial charge in [-0.3, -0.25) is 9.78 Å². The maximum absolute atomic E-state index is 12.1. The second-order valence-corrected chi connectivity index (χ2v) is 4.56. The molecule has 104 valence electrons. The number of aromatic nitrogens is 3. The van der Waals surface area contributed by atoms with Crippen molar-refractivity contribution in [3.05, 3.63) is 72.3 Å². The molecule has 0 saturated carbocycles. The molecule has 21 heavy (non-hydrogen) atoms. The first-order valence-electron chi connectivity index (χ1n) is 6.58. The van der Waals surface area contributed by atoms with Crippen molar-refractivity contribution < 1.29 is 4.79 Å². The largest absolute Gasteiger partial charge is 0.318 e. The lowest BCUT2D eigenvalue weighted by Gasteiger charge is -2.06. The van der Waals surface area contributed by atoms with E-state index < -0.39 is 0 Å². The number of anilines is 1. The first kappa shape index (κ1) is 13.1. The maximum Gasteiger partial charge on any atom is 0.274 e. The van der Waals surface area contributed by atoms with Gasteiger partial charge in [-0.2, -0.15) is 5.10 Å². The van der Waals surface area contributed by atoms with E-state index in [1.54, 1.807) is 35.3 Å². The van der Waals surface area contributed by atoms with Gasteiger partial charge in [-0.05, 0) is 31.2 Å². The Hall–Kier alpha value is -2.95. The lowest BCUT2D eigenvalue weighted by atomic mass is 10.3. The number of nitrogens with zero attached hydrogens (tertiary/aromatic N) is 3. The molecule has 5 nitrogen and oxygen atoms in total. The van der Waals surface area contributed by atoms with E-state index in [1.807, 2.05) is 37.3 Å². The van der Waals surface area contributed by atoms with Crippen LogP contribution in [-0.4, -0.2) is 20.7 Å². The predicted molar refractivity (Wildman–Crippen MR) is 80.5 cm³/mol. The van der Waals surface area contributed by atoms with E-state index in [-0.39, 0.29) is 5.91 Å². The van der Waals surface area contributed by atoms with E-state index in [0.717, 1.165) is 11.4 Å². The van der Waals surface area contributed by atoms with Gasteiger partial charge in [-0.25, -0.2) is 4.68 Å². The van der Waals surface area contributed by atoms with E-state index in [2.05, 4.69) is 15.4 Å². The molecule has 0 aliphatic rings. The molecule has 0 aliphatic carbocycles. The summed E-state index contributed by atoms with van der Waals surface area (Å²) in [5.41, 5.74) is 2.87. The summed E-state index contributed by atoms with van der Waals surface area (Å²) in [6.45, 7) is 1.91. The van der Waals surface area contributed by atoms with Crippen LogP contribution in [0.15, 0.2) is 60.9 Å². The standard InChI is InChI=1S/C16H14N4O/c1-12-15(19-16(21)14-9-5-6-10-17-14)11-18-20(12)13-7-3-2-4-8-13/h2-11H,1H3,(H,19,21). The Bertz CT molecular complexity index is 750. The van der Waals surface area contributed by atoms with Crippen LogP contribution >= 0.6 is 0 Å². The smallest absolute Gasteiger partial charge is 0.274 e. The first-order valence-corrected chi connectivity index (χ1v) is 6.58. The topological polar surface area (TPSA) is 59.8 Å². The van der Waals surface area contributed by atoms with Crippen LogP contribution in [0.2, 0.25) is 0 Å². The maximum atomic E-state index is 12.1. The van der Waals surface area contributed by atoms with Gasteiger partial charge in [0.25, 0.3) is 5.91 Å². The van der Waals surface area contributed by atoms with Crippen LogP contribution in [0.5, 0.6) is 0 Å². The Morgan fingerprint density at radius 1 is 1.10 bits per heavy atom. The molecule has 2 heterocycles. The summed E-state index contributed by atoms with van der Waals surface area (Å²) in [6, 6.07) is 15.0. The Kier molecular flexibility index (Phi) is 3.47. The van der Waals surface area contributed by atoms with Crippen molar-refractivity contribution in [2.45, 2.75) is 6.92 Å². The number of para-hydroxylation sites is 1. The highest BCUT2D eigenvalue weighted by Crippen LogP contribution is 2.18. The quantitative estimate of drug-likeness (QED) is 0.801. The number of hydrogen-bond acceptors (Lipinski definition) is 3. The number of carbonyl (C=O) groups excluding carboxylic acids is 1. The zero-order valence-corrected chi connectivity index (χ0v) is 11.5. The number of carbonyl (C=O) groups is 1. The molecule has 1 aromatic carbocycles. The Morgan fingerprint density at radius 2 is 1.86 bits per heavy atom. The predicted octanol–water partition coefficient (Wildman–Crippen LogP) is 2.83. The highest BCUT2D eigenvalue weighted by molar-refractivity contribution is 6.03. The van der Waals surface area contributed by atoms with E-state index in [4.69, 9.17) is 0 Å². The van der Waals surface area contributed by atoms with E-state index >= 15 is 0 Å². The van der Waals surface area contributed by atoms with Crippen molar-refractivity contribution in [1.82, 2.24) is 14.8 Å². The van der Waals surface area contributed by atoms with Crippen LogP contribution in [-0.2, 0) is 0 Å². The number of benzene rings is 1. The molecule has 0 bridgehead atoms. The normalized spacial score (nSPS) is 10.3. The fraction of sp³-hybridized carbons (Fsp3) is 0.0625. The van der Waals surface area contributed by atoms with Gasteiger partial charge in [0, 0.05) is 6.20 Å². The van der Waals surface area contributed by atoms with E-state index in [0.29, 0.717) is 11.4 Å². The summed E-state index contributed by atoms with van der Waals surface area (Å²) in [5.74, 6) is -0.244. The highest BCUT2D eigenvalue weighted by atomic mass is 16.1. The Balaban J connectivity index is 1.85. The van der Waals surface area contributed by atoms with Gasteiger partial charge in [0.15, 0.2) is 0 Å². The minimum Gasteiger partial charge on any atom is -0.318 e. The highest BCUT2D eigenvalue weighted by Gasteiger charge is 2.12. The number of pyridine rings is 1. The number of amides is 1. The molecule has 0 spiro atoms. The summed E-state index contributed by atoms with van der Waals surface area (Å²) in [4.78, 5) is 16.1. The fourth-order valence-electron chi connectivity index (χ4n) is 2.05. The van der Waals surface area contributed by atoms with Crippen LogP contribution < -0.4 is 5.32 Å². The Morgan fingerprint density at radius 3 is 2.57 bits per heavy atom. The summed E-state index contributed by atoms with van der Waals surface area (Å²) in [6.07, 6.45) is 3.23. The molecule has 0 saturated heterocycles. The molecule has 0 radical (unpaired) electrons. The third-order valence-electron chi connectivity index (χ3n) is 3.16. The minimum atomic E-state index is -0.244. The average molecular weight is 278 g/mol. The molecule has 2 aromatic heterocycles. The average Bonchev–Trinajstić information content (AvgIpc) is 2.90. The molecule has 0 fully saturated rings. The lowest BCUT2D eigenvalue weighted by molar-refractivity contribution is 0.102. The second-order valence-electron chi connectivity index (χ2n) is 4.56. The van der Waals surface area contributed by atoms with Crippen LogP contribution in [0.3, 0.4) is 0 Å². The van der Waals surface area contributed by atoms with Crippen molar-refractivity contribution >= 4 is 11.6 Å². The summed E-state index contributed by atoms with van der Waals surface area (Å²) in [5, 5.41) is 7.15. The zero-order valence-electron chi connectivity index (χ0n) is 11.5. The van der Waals surface area contributed by atoms with Gasteiger partial charge < -0.3 is 5.32 Å². The number of rotatable bonds is 3. The number of hydrogen-bond donors (Lipinski definition) is 1. The fourth-order valence-corrected chi connectivity index (χ4v) is 2.05. The summed E-state index contributed by atoms with van der Waals surface area (Å²) in [7, 11) is 0. The lowest BCUT2D eigenvalue weighted by Crippen LogP contribution is -2.13. The van der Waals surface area contributed by atoms with Crippen molar-refractivity contribution in [3.8, 4) is 5.69 Å². The molecule has 1 N–H and O–H groups in total. The van der Waals surface area contributed by atoms with Gasteiger partial charge in [0.2, 0.25) is 0 Å². The van der Waals surface area contributed by atoms with Crippen LogP contribution in [0.4, 0.5) is 5.69 Å². The third-order valence-corrected chi connectivity index (χ3v) is 3.16. The van der Waals surface area contributed by atoms with E-state index in [9.17, 15) is 4.79 Å². The van der Waals surface area contributed by atoms with Crippen molar-refractivity contribution in [2.24, 2.45) is 0 Å². The number of nitrogens with one attached hydrogen (secondary N) is 1. The molecule has 3 aromatic rings. The van der Waals surface area contributed by atoms with Crippen LogP contribution in [0.1, 0.15) is 16.2 Å².